The van der Waals surface area contributed by atoms with Crippen LogP contribution in [0.2, 0.25) is 0 Å². The second kappa shape index (κ2) is 4.96. The number of nitrogens with zero attached hydrogens (tertiary/aromatic N) is 4. The Morgan fingerprint density at radius 2 is 2.53 bits per heavy atom. The predicted molar refractivity (Wildman–Crippen MR) is 61.4 cm³/mol. The van der Waals surface area contributed by atoms with Gasteiger partial charge in [-0.05, 0) is 0 Å². The van der Waals surface area contributed by atoms with Crippen molar-refractivity contribution in [3.8, 4) is 0 Å². The number of carbonyl (C=O) groups is 1. The van der Waals surface area contributed by atoms with E-state index in [0.29, 0.717) is 19.8 Å². The fourth-order valence-electron chi connectivity index (χ4n) is 1.55. The fourth-order valence-corrected chi connectivity index (χ4v) is 1.55. The Hall–Kier alpha value is -1.89. The second-order valence-corrected chi connectivity index (χ2v) is 3.70. The number of amidine groups is 1. The summed E-state index contributed by atoms with van der Waals surface area (Å²) in [6.07, 6.45) is 3.28. The van der Waals surface area contributed by atoms with Crippen LogP contribution in [0, 0.1) is 0 Å². The normalized spacial score (nSPS) is 15.5. The van der Waals surface area contributed by atoms with Crippen LogP contribution in [-0.4, -0.2) is 53.5 Å². The van der Waals surface area contributed by atoms with Crippen molar-refractivity contribution in [2.75, 3.05) is 31.7 Å². The number of rotatable bonds is 3. The maximum Gasteiger partial charge on any atom is 0.325 e. The van der Waals surface area contributed by atoms with Gasteiger partial charge in [-0.1, -0.05) is 0 Å². The highest BCUT2D eigenvalue weighted by Crippen LogP contribution is 2.12. The largest absolute Gasteiger partial charge is 0.480 e. The number of carboxylic acids is 1. The lowest BCUT2D eigenvalue weighted by Gasteiger charge is -2.22. The van der Waals surface area contributed by atoms with Gasteiger partial charge in [0.1, 0.15) is 19.0 Å². The van der Waals surface area contributed by atoms with Crippen molar-refractivity contribution in [2.45, 2.75) is 6.54 Å². The zero-order valence-corrected chi connectivity index (χ0v) is 9.54. The molecule has 0 spiro atoms. The molecule has 1 aromatic rings. The molecule has 1 aromatic heterocycles. The van der Waals surface area contributed by atoms with E-state index < -0.39 is 5.97 Å². The van der Waals surface area contributed by atoms with Crippen molar-refractivity contribution in [3.63, 3.8) is 0 Å². The Morgan fingerprint density at radius 1 is 1.71 bits per heavy atom. The van der Waals surface area contributed by atoms with Gasteiger partial charge in [-0.25, -0.2) is 0 Å². The third-order valence-electron chi connectivity index (χ3n) is 2.45. The third kappa shape index (κ3) is 2.82. The van der Waals surface area contributed by atoms with Gasteiger partial charge in [0.15, 0.2) is 0 Å². The lowest BCUT2D eigenvalue weighted by Crippen LogP contribution is -2.33. The fraction of sp³-hybridized carbons (Fsp3) is 0.500. The monoisotopic (exact) mass is 238 g/mol. The van der Waals surface area contributed by atoms with Crippen LogP contribution in [0.25, 0.3) is 0 Å². The van der Waals surface area contributed by atoms with Gasteiger partial charge >= 0.3 is 5.97 Å². The zero-order chi connectivity index (χ0) is 12.3. The van der Waals surface area contributed by atoms with E-state index >= 15 is 0 Å². The lowest BCUT2D eigenvalue weighted by molar-refractivity contribution is -0.137. The maximum atomic E-state index is 10.5. The molecule has 0 aliphatic carbocycles. The number of hydrogen-bond donors (Lipinski definition) is 1. The Morgan fingerprint density at radius 3 is 3.18 bits per heavy atom. The molecular weight excluding hydrogens is 224 g/mol. The van der Waals surface area contributed by atoms with Crippen LogP contribution >= 0.6 is 0 Å². The molecule has 1 aliphatic rings. The molecule has 7 heteroatoms. The van der Waals surface area contributed by atoms with Gasteiger partial charge in [0, 0.05) is 13.2 Å². The Balaban J connectivity index is 2.08. The first-order chi connectivity index (χ1) is 8.16. The van der Waals surface area contributed by atoms with E-state index in [1.165, 1.54) is 4.68 Å². The molecule has 0 unspecified atom stereocenters. The molecule has 7 nitrogen and oxygen atoms in total. The van der Waals surface area contributed by atoms with E-state index in [-0.39, 0.29) is 6.54 Å². The van der Waals surface area contributed by atoms with E-state index in [4.69, 9.17) is 9.84 Å². The van der Waals surface area contributed by atoms with Crippen LogP contribution in [0.3, 0.4) is 0 Å². The summed E-state index contributed by atoms with van der Waals surface area (Å²) in [7, 11) is 1.86. The van der Waals surface area contributed by atoms with Crippen LogP contribution in [0.1, 0.15) is 0 Å². The number of hydrogen-bond acceptors (Lipinski definition) is 5. The van der Waals surface area contributed by atoms with Gasteiger partial charge in [-0.15, -0.1) is 0 Å². The molecule has 0 aromatic carbocycles. The van der Waals surface area contributed by atoms with E-state index in [0.717, 1.165) is 11.5 Å². The average molecular weight is 238 g/mol. The lowest BCUT2D eigenvalue weighted by atomic mass is 10.4. The number of aliphatic carboxylic acids is 1. The summed E-state index contributed by atoms with van der Waals surface area (Å²) < 4.78 is 6.68. The maximum absolute atomic E-state index is 10.5. The standard InChI is InChI=1S/C10H14N4O3/c1-13(9-7-17-3-2-11-9)8-4-12-14(5-8)6-10(15)16/h4-5H,2-3,6-7H2,1H3,(H,15,16). The van der Waals surface area contributed by atoms with Crippen LogP contribution in [0.5, 0.6) is 0 Å². The van der Waals surface area contributed by atoms with Crippen molar-refractivity contribution in [2.24, 2.45) is 4.99 Å². The summed E-state index contributed by atoms with van der Waals surface area (Å²) >= 11 is 0. The average Bonchev–Trinajstić information content (AvgIpc) is 2.77. The Labute approximate surface area is 98.3 Å². The van der Waals surface area contributed by atoms with E-state index in [1.807, 2.05) is 11.9 Å². The number of aliphatic imine (C=N–C) groups is 1. The Kier molecular flexibility index (Phi) is 3.38. The molecule has 2 heterocycles. The molecule has 1 N–H and O–H groups in total. The summed E-state index contributed by atoms with van der Waals surface area (Å²) in [5.74, 6) is -0.0910. The van der Waals surface area contributed by atoms with Crippen molar-refractivity contribution in [3.05, 3.63) is 12.4 Å². The molecule has 0 amide bonds. The second-order valence-electron chi connectivity index (χ2n) is 3.70. The smallest absolute Gasteiger partial charge is 0.325 e. The summed E-state index contributed by atoms with van der Waals surface area (Å²) in [4.78, 5) is 16.7. The third-order valence-corrected chi connectivity index (χ3v) is 2.45. The predicted octanol–water partition coefficient (Wildman–Crippen LogP) is -0.167. The van der Waals surface area contributed by atoms with E-state index in [2.05, 4.69) is 10.1 Å². The van der Waals surface area contributed by atoms with Gasteiger partial charge < -0.3 is 14.7 Å². The molecule has 0 saturated carbocycles. The highest BCUT2D eigenvalue weighted by Gasteiger charge is 2.14. The van der Waals surface area contributed by atoms with Crippen molar-refractivity contribution in [1.29, 1.82) is 0 Å². The number of likely N-dealkylation sites (N-methyl/N-ethyl adjacent to an activating group) is 1. The first-order valence-corrected chi connectivity index (χ1v) is 5.26. The van der Waals surface area contributed by atoms with Gasteiger partial charge in [0.25, 0.3) is 0 Å². The molecule has 2 rings (SSSR count). The Bertz CT molecular complexity index is 441. The molecule has 0 atom stereocenters. The van der Waals surface area contributed by atoms with Crippen LogP contribution in [0.15, 0.2) is 17.4 Å². The SMILES string of the molecule is CN(C1=NCCOC1)c1cnn(CC(=O)O)c1. The minimum atomic E-state index is -0.916. The van der Waals surface area contributed by atoms with Gasteiger partial charge in [0.2, 0.25) is 0 Å². The number of carboxylic acid groups (broad SMARTS) is 1. The quantitative estimate of drug-likeness (QED) is 0.791. The van der Waals surface area contributed by atoms with Gasteiger partial charge in [-0.2, -0.15) is 5.10 Å². The summed E-state index contributed by atoms with van der Waals surface area (Å²) in [6.45, 7) is 1.63. The minimum absolute atomic E-state index is 0.142. The topological polar surface area (TPSA) is 80.0 Å². The summed E-state index contributed by atoms with van der Waals surface area (Å²) in [5, 5.41) is 12.6. The molecule has 0 bridgehead atoms. The number of aromatic nitrogens is 2. The first-order valence-electron chi connectivity index (χ1n) is 5.26. The zero-order valence-electron chi connectivity index (χ0n) is 9.54. The number of anilines is 1. The van der Waals surface area contributed by atoms with Crippen LogP contribution in [-0.2, 0) is 16.1 Å². The molecule has 17 heavy (non-hydrogen) atoms. The molecule has 1 aliphatic heterocycles. The van der Waals surface area contributed by atoms with Crippen molar-refractivity contribution >= 4 is 17.5 Å². The van der Waals surface area contributed by atoms with E-state index in [1.54, 1.807) is 12.4 Å². The first kappa shape index (κ1) is 11.6. The summed E-state index contributed by atoms with van der Waals surface area (Å²) in [6, 6.07) is 0. The van der Waals surface area contributed by atoms with E-state index in [9.17, 15) is 4.79 Å². The van der Waals surface area contributed by atoms with Crippen molar-refractivity contribution in [1.82, 2.24) is 9.78 Å². The summed E-state index contributed by atoms with van der Waals surface area (Å²) in [5.41, 5.74) is 0.801. The molecule has 0 saturated heterocycles. The highest BCUT2D eigenvalue weighted by atomic mass is 16.5. The van der Waals surface area contributed by atoms with Crippen LogP contribution in [0.4, 0.5) is 5.69 Å². The molecule has 92 valence electrons. The van der Waals surface area contributed by atoms with Crippen molar-refractivity contribution < 1.29 is 14.6 Å². The van der Waals surface area contributed by atoms with Gasteiger partial charge in [-0.3, -0.25) is 14.5 Å². The molecular formula is C10H14N4O3. The molecule has 0 fully saturated rings. The minimum Gasteiger partial charge on any atom is -0.480 e. The van der Waals surface area contributed by atoms with Crippen LogP contribution < -0.4 is 4.90 Å². The molecule has 0 radical (unpaired) electrons. The number of ether oxygens (including phenoxy) is 1. The van der Waals surface area contributed by atoms with Gasteiger partial charge in [0.05, 0.1) is 25.0 Å². The highest BCUT2D eigenvalue weighted by molar-refractivity contribution is 5.98.